The van der Waals surface area contributed by atoms with Gasteiger partial charge in [0.2, 0.25) is 5.91 Å². The second-order valence-electron chi connectivity index (χ2n) is 5.41. The first-order valence-electron chi connectivity index (χ1n) is 6.58. The van der Waals surface area contributed by atoms with Crippen molar-refractivity contribution in [2.24, 2.45) is 17.1 Å². The number of carbonyl (C=O) groups excluding carboxylic acids is 1. The molecule has 0 spiro atoms. The van der Waals surface area contributed by atoms with Crippen LogP contribution in [0, 0.1) is 11.3 Å². The predicted molar refractivity (Wildman–Crippen MR) is 67.0 cm³/mol. The molecule has 94 valence electrons. The average molecular weight is 226 g/mol. The Morgan fingerprint density at radius 2 is 2.19 bits per heavy atom. The molecular weight excluding hydrogens is 200 g/mol. The van der Waals surface area contributed by atoms with Gasteiger partial charge in [-0.25, -0.2) is 0 Å². The van der Waals surface area contributed by atoms with E-state index in [-0.39, 0.29) is 5.91 Å². The first-order valence-corrected chi connectivity index (χ1v) is 6.58. The normalized spacial score (nSPS) is 19.2. The van der Waals surface area contributed by atoms with Crippen LogP contribution >= 0.6 is 0 Å². The van der Waals surface area contributed by atoms with Crippen LogP contribution in [-0.2, 0) is 4.79 Å². The van der Waals surface area contributed by atoms with Gasteiger partial charge in [-0.15, -0.1) is 0 Å². The van der Waals surface area contributed by atoms with E-state index in [1.54, 1.807) is 0 Å². The summed E-state index contributed by atoms with van der Waals surface area (Å²) in [5.41, 5.74) is 5.98. The Labute approximate surface area is 99.2 Å². The molecule has 16 heavy (non-hydrogen) atoms. The van der Waals surface area contributed by atoms with Crippen molar-refractivity contribution in [2.75, 3.05) is 13.1 Å². The fourth-order valence-electron chi connectivity index (χ4n) is 2.09. The number of carbonyl (C=O) groups is 1. The maximum atomic E-state index is 11.6. The molecule has 1 saturated carbocycles. The monoisotopic (exact) mass is 226 g/mol. The van der Waals surface area contributed by atoms with Crippen LogP contribution in [0.3, 0.4) is 0 Å². The largest absolute Gasteiger partial charge is 0.356 e. The molecule has 1 unspecified atom stereocenters. The Morgan fingerprint density at radius 3 is 2.69 bits per heavy atom. The molecule has 1 fully saturated rings. The SMILES string of the molecule is CCCC1(CNC(=O)CCC(C)CN)CC1. The second-order valence-corrected chi connectivity index (χ2v) is 5.41. The van der Waals surface area contributed by atoms with Gasteiger partial charge in [0.15, 0.2) is 0 Å². The second kappa shape index (κ2) is 6.24. The van der Waals surface area contributed by atoms with Gasteiger partial charge >= 0.3 is 0 Å². The van der Waals surface area contributed by atoms with Gasteiger partial charge in [-0.1, -0.05) is 20.3 Å². The van der Waals surface area contributed by atoms with Gasteiger partial charge in [-0.3, -0.25) is 4.79 Å². The summed E-state index contributed by atoms with van der Waals surface area (Å²) < 4.78 is 0. The zero-order valence-corrected chi connectivity index (χ0v) is 10.7. The molecule has 1 atom stereocenters. The molecule has 0 aromatic heterocycles. The van der Waals surface area contributed by atoms with Gasteiger partial charge in [-0.2, -0.15) is 0 Å². The molecule has 3 N–H and O–H groups in total. The fraction of sp³-hybridized carbons (Fsp3) is 0.923. The number of amides is 1. The number of rotatable bonds is 8. The van der Waals surface area contributed by atoms with Gasteiger partial charge in [0.05, 0.1) is 0 Å². The third-order valence-electron chi connectivity index (χ3n) is 3.66. The van der Waals surface area contributed by atoms with Crippen molar-refractivity contribution in [1.29, 1.82) is 0 Å². The van der Waals surface area contributed by atoms with Crippen LogP contribution < -0.4 is 11.1 Å². The van der Waals surface area contributed by atoms with E-state index in [0.29, 0.717) is 24.3 Å². The molecule has 1 rings (SSSR count). The molecule has 0 radical (unpaired) electrons. The van der Waals surface area contributed by atoms with Crippen molar-refractivity contribution in [3.8, 4) is 0 Å². The molecule has 3 heteroatoms. The quantitative estimate of drug-likeness (QED) is 0.665. The Bertz CT molecular complexity index is 224. The van der Waals surface area contributed by atoms with E-state index in [1.807, 2.05) is 0 Å². The fourth-order valence-corrected chi connectivity index (χ4v) is 2.09. The number of nitrogens with two attached hydrogens (primary N) is 1. The summed E-state index contributed by atoms with van der Waals surface area (Å²) >= 11 is 0. The van der Waals surface area contributed by atoms with Crippen LogP contribution in [-0.4, -0.2) is 19.0 Å². The Kier molecular flexibility index (Phi) is 5.26. The number of hydrogen-bond acceptors (Lipinski definition) is 2. The number of hydrogen-bond donors (Lipinski definition) is 2. The molecule has 0 aliphatic heterocycles. The maximum Gasteiger partial charge on any atom is 0.220 e. The van der Waals surface area contributed by atoms with E-state index < -0.39 is 0 Å². The summed E-state index contributed by atoms with van der Waals surface area (Å²) in [7, 11) is 0. The van der Waals surface area contributed by atoms with E-state index in [1.165, 1.54) is 25.7 Å². The molecule has 1 aliphatic rings. The lowest BCUT2D eigenvalue weighted by molar-refractivity contribution is -0.121. The molecule has 0 aromatic rings. The molecule has 3 nitrogen and oxygen atoms in total. The van der Waals surface area contributed by atoms with Gasteiger partial charge in [0.25, 0.3) is 0 Å². The highest BCUT2D eigenvalue weighted by Crippen LogP contribution is 2.48. The first kappa shape index (κ1) is 13.5. The van der Waals surface area contributed by atoms with E-state index in [4.69, 9.17) is 5.73 Å². The molecule has 1 amide bonds. The molecule has 0 saturated heterocycles. The Balaban J connectivity index is 2.11. The van der Waals surface area contributed by atoms with Gasteiger partial charge in [0.1, 0.15) is 0 Å². The standard InChI is InChI=1S/C13H26N2O/c1-3-6-13(7-8-13)10-15-12(16)5-4-11(2)9-14/h11H,3-10,14H2,1-2H3,(H,15,16). The van der Waals surface area contributed by atoms with Crippen molar-refractivity contribution in [3.05, 3.63) is 0 Å². The minimum absolute atomic E-state index is 0.197. The molecule has 0 bridgehead atoms. The average Bonchev–Trinajstić information content (AvgIpc) is 3.04. The van der Waals surface area contributed by atoms with E-state index in [0.717, 1.165) is 13.0 Å². The Hall–Kier alpha value is -0.570. The van der Waals surface area contributed by atoms with Crippen molar-refractivity contribution in [3.63, 3.8) is 0 Å². The van der Waals surface area contributed by atoms with Gasteiger partial charge in [0, 0.05) is 13.0 Å². The highest BCUT2D eigenvalue weighted by Gasteiger charge is 2.41. The van der Waals surface area contributed by atoms with Crippen molar-refractivity contribution in [1.82, 2.24) is 5.32 Å². The van der Waals surface area contributed by atoms with Crippen LogP contribution in [0.5, 0.6) is 0 Å². The van der Waals surface area contributed by atoms with Crippen LogP contribution in [0.15, 0.2) is 0 Å². The van der Waals surface area contributed by atoms with Crippen LogP contribution in [0.2, 0.25) is 0 Å². The van der Waals surface area contributed by atoms with Crippen LogP contribution in [0.4, 0.5) is 0 Å². The third kappa shape index (κ3) is 4.52. The zero-order chi connectivity index (χ0) is 12.0. The van der Waals surface area contributed by atoms with Crippen LogP contribution in [0.1, 0.15) is 52.4 Å². The number of nitrogens with one attached hydrogen (secondary N) is 1. The summed E-state index contributed by atoms with van der Waals surface area (Å²) in [6.07, 6.45) is 6.59. The summed E-state index contributed by atoms with van der Waals surface area (Å²) in [6.45, 7) is 5.86. The van der Waals surface area contributed by atoms with Gasteiger partial charge < -0.3 is 11.1 Å². The third-order valence-corrected chi connectivity index (χ3v) is 3.66. The summed E-state index contributed by atoms with van der Waals surface area (Å²) in [5.74, 6) is 0.652. The lowest BCUT2D eigenvalue weighted by atomic mass is 10.0. The topological polar surface area (TPSA) is 55.1 Å². The van der Waals surface area contributed by atoms with Gasteiger partial charge in [-0.05, 0) is 43.6 Å². The zero-order valence-electron chi connectivity index (χ0n) is 10.7. The van der Waals surface area contributed by atoms with Crippen LogP contribution in [0.25, 0.3) is 0 Å². The van der Waals surface area contributed by atoms with E-state index in [9.17, 15) is 4.79 Å². The minimum Gasteiger partial charge on any atom is -0.356 e. The van der Waals surface area contributed by atoms with Crippen molar-refractivity contribution in [2.45, 2.75) is 52.4 Å². The lowest BCUT2D eigenvalue weighted by Crippen LogP contribution is -2.30. The predicted octanol–water partition coefficient (Wildman–Crippen LogP) is 2.06. The summed E-state index contributed by atoms with van der Waals surface area (Å²) in [4.78, 5) is 11.6. The molecular formula is C13H26N2O. The molecule has 0 aromatic carbocycles. The summed E-state index contributed by atoms with van der Waals surface area (Å²) in [5, 5.41) is 3.07. The lowest BCUT2D eigenvalue weighted by Gasteiger charge is -2.15. The maximum absolute atomic E-state index is 11.6. The Morgan fingerprint density at radius 1 is 1.50 bits per heavy atom. The van der Waals surface area contributed by atoms with E-state index in [2.05, 4.69) is 19.2 Å². The van der Waals surface area contributed by atoms with Crippen molar-refractivity contribution < 1.29 is 4.79 Å². The smallest absolute Gasteiger partial charge is 0.220 e. The summed E-state index contributed by atoms with van der Waals surface area (Å²) in [6, 6.07) is 0. The molecule has 1 aliphatic carbocycles. The first-order chi connectivity index (χ1) is 7.62. The minimum atomic E-state index is 0.197. The highest BCUT2D eigenvalue weighted by atomic mass is 16.1. The molecule has 0 heterocycles. The van der Waals surface area contributed by atoms with E-state index >= 15 is 0 Å². The van der Waals surface area contributed by atoms with Crippen molar-refractivity contribution >= 4 is 5.91 Å². The highest BCUT2D eigenvalue weighted by molar-refractivity contribution is 5.75.